The number of amides is 2. The Morgan fingerprint density at radius 3 is 2.64 bits per heavy atom. The first-order valence-electron chi connectivity index (χ1n) is 7.84. The summed E-state index contributed by atoms with van der Waals surface area (Å²) in [6.45, 7) is 9.38. The number of urea groups is 1. The molecule has 0 aliphatic carbocycles. The molecule has 0 aliphatic rings. The normalized spacial score (nSPS) is 13.3. The Balaban J connectivity index is 2.36. The van der Waals surface area contributed by atoms with Crippen LogP contribution in [0.2, 0.25) is 0 Å². The molecule has 2 amide bonds. The molecule has 1 aromatic rings. The highest BCUT2D eigenvalue weighted by molar-refractivity contribution is 5.73. The Bertz CT molecular complexity index is 475. The van der Waals surface area contributed by atoms with Crippen molar-refractivity contribution >= 4 is 6.03 Å². The van der Waals surface area contributed by atoms with Crippen LogP contribution in [-0.4, -0.2) is 30.4 Å². The summed E-state index contributed by atoms with van der Waals surface area (Å²) < 4.78 is 5.49. The van der Waals surface area contributed by atoms with Gasteiger partial charge in [-0.1, -0.05) is 19.1 Å². The standard InChI is InChI=1S/C17H28N2O3/c1-5-22-16-7-6-15(9-13(16)3)11-19-17(21)18-10-12(2)8-14(4)20/h6-7,9,12,14,20H,5,8,10-11H2,1-4H3,(H2,18,19,21). The lowest BCUT2D eigenvalue weighted by molar-refractivity contribution is 0.163. The minimum Gasteiger partial charge on any atom is -0.494 e. The van der Waals surface area contributed by atoms with E-state index >= 15 is 0 Å². The molecule has 22 heavy (non-hydrogen) atoms. The van der Waals surface area contributed by atoms with Gasteiger partial charge in [-0.3, -0.25) is 0 Å². The van der Waals surface area contributed by atoms with Crippen LogP contribution in [-0.2, 0) is 6.54 Å². The number of hydrogen-bond donors (Lipinski definition) is 3. The van der Waals surface area contributed by atoms with Gasteiger partial charge in [0.2, 0.25) is 0 Å². The molecule has 1 aromatic carbocycles. The van der Waals surface area contributed by atoms with Crippen LogP contribution in [0, 0.1) is 12.8 Å². The summed E-state index contributed by atoms with van der Waals surface area (Å²) in [5.41, 5.74) is 2.10. The van der Waals surface area contributed by atoms with Gasteiger partial charge in [-0.25, -0.2) is 4.79 Å². The summed E-state index contributed by atoms with van der Waals surface area (Å²) in [5, 5.41) is 14.9. The molecule has 5 nitrogen and oxygen atoms in total. The summed E-state index contributed by atoms with van der Waals surface area (Å²) in [6.07, 6.45) is 0.338. The van der Waals surface area contributed by atoms with E-state index < -0.39 is 0 Å². The largest absolute Gasteiger partial charge is 0.494 e. The number of aliphatic hydroxyl groups excluding tert-OH is 1. The first-order chi connectivity index (χ1) is 10.4. The zero-order valence-electron chi connectivity index (χ0n) is 14.0. The molecule has 0 heterocycles. The van der Waals surface area contributed by atoms with Gasteiger partial charge in [0.25, 0.3) is 0 Å². The van der Waals surface area contributed by atoms with Crippen molar-refractivity contribution in [3.63, 3.8) is 0 Å². The lowest BCUT2D eigenvalue weighted by atomic mass is 10.1. The van der Waals surface area contributed by atoms with Gasteiger partial charge in [-0.15, -0.1) is 0 Å². The van der Waals surface area contributed by atoms with Crippen LogP contribution in [0.5, 0.6) is 5.75 Å². The summed E-state index contributed by atoms with van der Waals surface area (Å²) in [4.78, 5) is 11.8. The van der Waals surface area contributed by atoms with Gasteiger partial charge in [-0.05, 0) is 50.3 Å². The van der Waals surface area contributed by atoms with Gasteiger partial charge in [0.15, 0.2) is 0 Å². The fourth-order valence-electron chi connectivity index (χ4n) is 2.32. The molecule has 3 N–H and O–H groups in total. The molecule has 0 bridgehead atoms. The molecular weight excluding hydrogens is 280 g/mol. The average Bonchev–Trinajstić information content (AvgIpc) is 2.45. The fraction of sp³-hybridized carbons (Fsp3) is 0.588. The number of rotatable bonds is 8. The van der Waals surface area contributed by atoms with Crippen molar-refractivity contribution in [3.05, 3.63) is 29.3 Å². The molecule has 2 atom stereocenters. The number of ether oxygens (including phenoxy) is 1. The van der Waals surface area contributed by atoms with Crippen molar-refractivity contribution in [1.29, 1.82) is 0 Å². The highest BCUT2D eigenvalue weighted by Crippen LogP contribution is 2.18. The zero-order valence-corrected chi connectivity index (χ0v) is 14.0. The van der Waals surface area contributed by atoms with Gasteiger partial charge in [0, 0.05) is 13.1 Å². The van der Waals surface area contributed by atoms with Gasteiger partial charge in [0.1, 0.15) is 5.75 Å². The van der Waals surface area contributed by atoms with Crippen LogP contribution in [0.15, 0.2) is 18.2 Å². The van der Waals surface area contributed by atoms with Gasteiger partial charge in [-0.2, -0.15) is 0 Å². The number of aryl methyl sites for hydroxylation is 1. The zero-order chi connectivity index (χ0) is 16.5. The Morgan fingerprint density at radius 1 is 1.32 bits per heavy atom. The number of nitrogens with one attached hydrogen (secondary N) is 2. The van der Waals surface area contributed by atoms with Crippen LogP contribution in [0.3, 0.4) is 0 Å². The first kappa shape index (κ1) is 18.3. The smallest absolute Gasteiger partial charge is 0.315 e. The second-order valence-electron chi connectivity index (χ2n) is 5.79. The van der Waals surface area contributed by atoms with Crippen molar-refractivity contribution in [3.8, 4) is 5.75 Å². The number of benzene rings is 1. The molecule has 0 saturated carbocycles. The second-order valence-corrected chi connectivity index (χ2v) is 5.79. The summed E-state index contributed by atoms with van der Waals surface area (Å²) >= 11 is 0. The van der Waals surface area contributed by atoms with Crippen LogP contribution in [0.4, 0.5) is 4.79 Å². The Morgan fingerprint density at radius 2 is 2.05 bits per heavy atom. The minimum absolute atomic E-state index is 0.191. The Labute approximate surface area is 133 Å². The van der Waals surface area contributed by atoms with Gasteiger partial charge >= 0.3 is 6.03 Å². The van der Waals surface area contributed by atoms with Crippen LogP contribution >= 0.6 is 0 Å². The SMILES string of the molecule is CCOc1ccc(CNC(=O)NCC(C)CC(C)O)cc1C. The van der Waals surface area contributed by atoms with Crippen LogP contribution in [0.1, 0.15) is 38.3 Å². The second kappa shape index (κ2) is 9.30. The third kappa shape index (κ3) is 6.80. The third-order valence-corrected chi connectivity index (χ3v) is 3.35. The quantitative estimate of drug-likeness (QED) is 0.691. The van der Waals surface area contributed by atoms with E-state index in [0.717, 1.165) is 16.9 Å². The third-order valence-electron chi connectivity index (χ3n) is 3.35. The molecule has 124 valence electrons. The predicted octanol–water partition coefficient (Wildman–Crippen LogP) is 2.60. The van der Waals surface area contributed by atoms with Gasteiger partial charge in [0.05, 0.1) is 12.7 Å². The molecule has 5 heteroatoms. The van der Waals surface area contributed by atoms with Gasteiger partial charge < -0.3 is 20.5 Å². The maximum Gasteiger partial charge on any atom is 0.315 e. The molecule has 0 aliphatic heterocycles. The van der Waals surface area contributed by atoms with Crippen molar-refractivity contribution in [2.24, 2.45) is 5.92 Å². The van der Waals surface area contributed by atoms with E-state index in [1.165, 1.54) is 0 Å². The van der Waals surface area contributed by atoms with Crippen molar-refractivity contribution in [1.82, 2.24) is 10.6 Å². The number of aliphatic hydroxyl groups is 1. The average molecular weight is 308 g/mol. The van der Waals surface area contributed by atoms with Crippen molar-refractivity contribution in [2.75, 3.05) is 13.2 Å². The lowest BCUT2D eigenvalue weighted by Gasteiger charge is -2.15. The summed E-state index contributed by atoms with van der Waals surface area (Å²) in [7, 11) is 0. The number of hydrogen-bond acceptors (Lipinski definition) is 3. The molecular formula is C17H28N2O3. The molecule has 0 saturated heterocycles. The van der Waals surface area contributed by atoms with Crippen LogP contribution in [0.25, 0.3) is 0 Å². The molecule has 0 radical (unpaired) electrons. The maximum absolute atomic E-state index is 11.8. The predicted molar refractivity (Wildman–Crippen MR) is 88.0 cm³/mol. The summed E-state index contributed by atoms with van der Waals surface area (Å²) in [5.74, 6) is 1.13. The van der Waals surface area contributed by atoms with Crippen LogP contribution < -0.4 is 15.4 Å². The van der Waals surface area contributed by atoms with E-state index in [0.29, 0.717) is 26.1 Å². The van der Waals surface area contributed by atoms with E-state index in [1.807, 2.05) is 39.0 Å². The minimum atomic E-state index is -0.341. The van der Waals surface area contributed by atoms with Crippen molar-refractivity contribution < 1.29 is 14.6 Å². The molecule has 1 rings (SSSR count). The Kier molecular flexibility index (Phi) is 7.74. The van der Waals surface area contributed by atoms with E-state index in [-0.39, 0.29) is 18.1 Å². The molecule has 0 fully saturated rings. The number of carbonyl (C=O) groups excluding carboxylic acids is 1. The Hall–Kier alpha value is -1.75. The fourth-order valence-corrected chi connectivity index (χ4v) is 2.32. The molecule has 0 aromatic heterocycles. The highest BCUT2D eigenvalue weighted by Gasteiger charge is 2.08. The maximum atomic E-state index is 11.8. The first-order valence-corrected chi connectivity index (χ1v) is 7.84. The molecule has 0 spiro atoms. The molecule has 2 unspecified atom stereocenters. The summed E-state index contributed by atoms with van der Waals surface area (Å²) in [6, 6.07) is 5.71. The van der Waals surface area contributed by atoms with Crippen molar-refractivity contribution in [2.45, 2.75) is 46.8 Å². The van der Waals surface area contributed by atoms with E-state index in [2.05, 4.69) is 10.6 Å². The topological polar surface area (TPSA) is 70.6 Å². The van der Waals surface area contributed by atoms with E-state index in [1.54, 1.807) is 6.92 Å². The van der Waals surface area contributed by atoms with E-state index in [4.69, 9.17) is 4.74 Å². The monoisotopic (exact) mass is 308 g/mol. The lowest BCUT2D eigenvalue weighted by Crippen LogP contribution is -2.37. The highest BCUT2D eigenvalue weighted by atomic mass is 16.5. The van der Waals surface area contributed by atoms with E-state index in [9.17, 15) is 9.90 Å². The number of carbonyl (C=O) groups is 1.